The summed E-state index contributed by atoms with van der Waals surface area (Å²) < 4.78 is 9.81. The summed E-state index contributed by atoms with van der Waals surface area (Å²) in [5.41, 5.74) is -1.37. The third-order valence-corrected chi connectivity index (χ3v) is 3.47. The zero-order chi connectivity index (χ0) is 16.0. The number of amides is 2. The quantitative estimate of drug-likeness (QED) is 0.704. The molecule has 1 rings (SSSR count). The number of hydrogen-bond acceptors (Lipinski definition) is 5. The topological polar surface area (TPSA) is 105 Å². The highest BCUT2D eigenvalue weighted by Gasteiger charge is 2.39. The Hall–Kier alpha value is -1.83. The molecule has 1 heterocycles. The Morgan fingerprint density at radius 2 is 2.14 bits per heavy atom. The highest BCUT2D eigenvalue weighted by Crippen LogP contribution is 2.15. The molecule has 120 valence electrons. The van der Waals surface area contributed by atoms with Crippen molar-refractivity contribution in [3.8, 4) is 0 Å². The number of carboxylic acid groups (broad SMARTS) is 1. The van der Waals surface area contributed by atoms with Gasteiger partial charge in [-0.15, -0.1) is 0 Å². The van der Waals surface area contributed by atoms with Gasteiger partial charge in [-0.05, 0) is 13.3 Å². The number of nitrogens with one attached hydrogen (secondary N) is 1. The fourth-order valence-corrected chi connectivity index (χ4v) is 2.21. The van der Waals surface area contributed by atoms with Crippen molar-refractivity contribution in [3.63, 3.8) is 0 Å². The van der Waals surface area contributed by atoms with Gasteiger partial charge in [0.05, 0.1) is 20.3 Å². The number of aliphatic carboxylic acids is 1. The fourth-order valence-electron chi connectivity index (χ4n) is 2.21. The first kappa shape index (κ1) is 17.2. The molecule has 2 N–H and O–H groups in total. The van der Waals surface area contributed by atoms with Crippen LogP contribution in [0.25, 0.3) is 0 Å². The molecule has 8 nitrogen and oxygen atoms in total. The van der Waals surface area contributed by atoms with Crippen molar-refractivity contribution < 1.29 is 29.0 Å². The van der Waals surface area contributed by atoms with E-state index in [0.717, 1.165) is 0 Å². The number of carbonyl (C=O) groups excluding carboxylic acids is 2. The lowest BCUT2D eigenvalue weighted by atomic mass is 9.96. The fraction of sp³-hybridized carbons (Fsp3) is 0.769. The molecule has 0 aromatic rings. The molecule has 1 saturated heterocycles. The van der Waals surface area contributed by atoms with E-state index >= 15 is 0 Å². The van der Waals surface area contributed by atoms with Gasteiger partial charge >= 0.3 is 18.0 Å². The Morgan fingerprint density at radius 3 is 2.67 bits per heavy atom. The number of carbonyl (C=O) groups is 3. The molecule has 8 heteroatoms. The first-order valence-corrected chi connectivity index (χ1v) is 6.83. The maximum atomic E-state index is 12.3. The first-order valence-electron chi connectivity index (χ1n) is 6.83. The third kappa shape index (κ3) is 4.07. The van der Waals surface area contributed by atoms with E-state index in [0.29, 0.717) is 19.4 Å². The summed E-state index contributed by atoms with van der Waals surface area (Å²) in [6, 6.07) is -1.46. The van der Waals surface area contributed by atoms with Crippen LogP contribution in [0.3, 0.4) is 0 Å². The van der Waals surface area contributed by atoms with Gasteiger partial charge in [0.1, 0.15) is 5.54 Å². The Morgan fingerprint density at radius 1 is 1.48 bits per heavy atom. The molecule has 2 unspecified atom stereocenters. The number of urea groups is 1. The van der Waals surface area contributed by atoms with Crippen LogP contribution in [0.15, 0.2) is 0 Å². The average Bonchev–Trinajstić information content (AvgIpc) is 2.46. The molecule has 1 aliphatic heterocycles. The van der Waals surface area contributed by atoms with E-state index in [2.05, 4.69) is 10.1 Å². The molecule has 2 amide bonds. The minimum absolute atomic E-state index is 0.0393. The Balaban J connectivity index is 2.84. The van der Waals surface area contributed by atoms with Gasteiger partial charge in [0, 0.05) is 6.54 Å². The molecule has 0 aromatic heterocycles. The zero-order valence-corrected chi connectivity index (χ0v) is 12.5. The number of carboxylic acids is 1. The number of rotatable bonds is 5. The van der Waals surface area contributed by atoms with Crippen LogP contribution in [0.5, 0.6) is 0 Å². The minimum atomic E-state index is -1.37. The Bertz CT molecular complexity index is 413. The van der Waals surface area contributed by atoms with E-state index < -0.39 is 29.6 Å². The van der Waals surface area contributed by atoms with Crippen LogP contribution in [0.1, 0.15) is 26.7 Å². The van der Waals surface area contributed by atoms with Crippen molar-refractivity contribution in [1.29, 1.82) is 0 Å². The summed E-state index contributed by atoms with van der Waals surface area (Å²) in [5.74, 6) is -1.70. The van der Waals surface area contributed by atoms with Crippen LogP contribution in [0.2, 0.25) is 0 Å². The molecule has 0 radical (unpaired) electrons. The maximum Gasteiger partial charge on any atom is 0.331 e. The predicted octanol–water partition coefficient (Wildman–Crippen LogP) is 0.213. The van der Waals surface area contributed by atoms with Crippen LogP contribution in [0.4, 0.5) is 4.79 Å². The summed E-state index contributed by atoms with van der Waals surface area (Å²) in [6.07, 6.45) is 0.897. The van der Waals surface area contributed by atoms with Gasteiger partial charge in [-0.1, -0.05) is 13.3 Å². The number of esters is 1. The summed E-state index contributed by atoms with van der Waals surface area (Å²) >= 11 is 0. The number of ether oxygens (including phenoxy) is 2. The Kier molecular flexibility index (Phi) is 5.95. The van der Waals surface area contributed by atoms with E-state index in [1.54, 1.807) is 0 Å². The summed E-state index contributed by atoms with van der Waals surface area (Å²) in [4.78, 5) is 36.6. The Labute approximate surface area is 123 Å². The van der Waals surface area contributed by atoms with Gasteiger partial charge in [-0.2, -0.15) is 0 Å². The van der Waals surface area contributed by atoms with Crippen LogP contribution in [-0.4, -0.2) is 66.4 Å². The average molecular weight is 302 g/mol. The minimum Gasteiger partial charge on any atom is -0.480 e. The zero-order valence-electron chi connectivity index (χ0n) is 12.5. The van der Waals surface area contributed by atoms with Crippen LogP contribution < -0.4 is 5.32 Å². The molecule has 0 aliphatic carbocycles. The second-order valence-electron chi connectivity index (χ2n) is 5.12. The standard InChI is InChI=1S/C13H22N2O6/c1-4-5-13(2,11(17)18)14-12(19)15-6-7-21-8-9(15)10(16)20-3/h9H,4-8H2,1-3H3,(H,14,19)(H,17,18). The molecule has 0 spiro atoms. The summed E-state index contributed by atoms with van der Waals surface area (Å²) in [7, 11) is 1.23. The van der Waals surface area contributed by atoms with Gasteiger partial charge in [-0.3, -0.25) is 0 Å². The second kappa shape index (κ2) is 7.26. The molecule has 0 aromatic carbocycles. The molecule has 1 fully saturated rings. The van der Waals surface area contributed by atoms with E-state index in [9.17, 15) is 19.5 Å². The lowest BCUT2D eigenvalue weighted by Crippen LogP contribution is -2.61. The van der Waals surface area contributed by atoms with Gasteiger partial charge in [0.2, 0.25) is 0 Å². The normalized spacial score (nSPS) is 21.3. The van der Waals surface area contributed by atoms with Crippen molar-refractivity contribution in [1.82, 2.24) is 10.2 Å². The van der Waals surface area contributed by atoms with E-state index in [-0.39, 0.29) is 13.2 Å². The van der Waals surface area contributed by atoms with Crippen molar-refractivity contribution in [3.05, 3.63) is 0 Å². The second-order valence-corrected chi connectivity index (χ2v) is 5.12. The predicted molar refractivity (Wildman–Crippen MR) is 72.8 cm³/mol. The van der Waals surface area contributed by atoms with Gasteiger partial charge in [0.25, 0.3) is 0 Å². The van der Waals surface area contributed by atoms with Crippen LogP contribution in [-0.2, 0) is 19.1 Å². The highest BCUT2D eigenvalue weighted by molar-refractivity contribution is 5.88. The molecule has 0 bridgehead atoms. The van der Waals surface area contributed by atoms with Crippen molar-refractivity contribution in [2.45, 2.75) is 38.3 Å². The lowest BCUT2D eigenvalue weighted by Gasteiger charge is -2.36. The molecule has 1 aliphatic rings. The smallest absolute Gasteiger partial charge is 0.331 e. The lowest BCUT2D eigenvalue weighted by molar-refractivity contribution is -0.151. The van der Waals surface area contributed by atoms with Gasteiger partial charge in [0.15, 0.2) is 6.04 Å². The SMILES string of the molecule is CCCC(C)(NC(=O)N1CCOCC1C(=O)OC)C(=O)O. The van der Waals surface area contributed by atoms with Crippen molar-refractivity contribution in [2.24, 2.45) is 0 Å². The van der Waals surface area contributed by atoms with Crippen molar-refractivity contribution in [2.75, 3.05) is 26.9 Å². The maximum absolute atomic E-state index is 12.3. The molecular formula is C13H22N2O6. The molecular weight excluding hydrogens is 280 g/mol. The summed E-state index contributed by atoms with van der Waals surface area (Å²) in [5, 5.41) is 11.8. The number of methoxy groups -OCH3 is 1. The van der Waals surface area contributed by atoms with Crippen LogP contribution in [0, 0.1) is 0 Å². The highest BCUT2D eigenvalue weighted by atomic mass is 16.5. The molecule has 2 atom stereocenters. The van der Waals surface area contributed by atoms with Gasteiger partial charge in [-0.25, -0.2) is 14.4 Å². The number of morpholine rings is 1. The number of nitrogens with zero attached hydrogens (tertiary/aromatic N) is 1. The van der Waals surface area contributed by atoms with Gasteiger partial charge < -0.3 is 24.8 Å². The monoisotopic (exact) mass is 302 g/mol. The number of hydrogen-bond donors (Lipinski definition) is 2. The van der Waals surface area contributed by atoms with E-state index in [4.69, 9.17) is 4.74 Å². The first-order chi connectivity index (χ1) is 9.85. The summed E-state index contributed by atoms with van der Waals surface area (Å²) in [6.45, 7) is 3.81. The molecule has 21 heavy (non-hydrogen) atoms. The van der Waals surface area contributed by atoms with Crippen LogP contribution >= 0.6 is 0 Å². The molecule has 0 saturated carbocycles. The van der Waals surface area contributed by atoms with Crippen molar-refractivity contribution >= 4 is 18.0 Å². The van der Waals surface area contributed by atoms with E-state index in [1.165, 1.54) is 18.9 Å². The van der Waals surface area contributed by atoms with E-state index in [1.807, 2.05) is 6.92 Å². The largest absolute Gasteiger partial charge is 0.480 e. The third-order valence-electron chi connectivity index (χ3n) is 3.47.